The van der Waals surface area contributed by atoms with Gasteiger partial charge in [0, 0.05) is 5.92 Å². The van der Waals surface area contributed by atoms with Crippen LogP contribution in [0.1, 0.15) is 56.1 Å². The van der Waals surface area contributed by atoms with Crippen LogP contribution in [0.25, 0.3) is 11.1 Å². The Morgan fingerprint density at radius 1 is 0.967 bits per heavy atom. The molecular weight excluding hydrogens is 378 g/mol. The molecule has 4 rings (SSSR count). The minimum Gasteiger partial charge on any atom is -0.467 e. The number of benzene rings is 2. The summed E-state index contributed by atoms with van der Waals surface area (Å²) in [5, 5.41) is 2.85. The van der Waals surface area contributed by atoms with Gasteiger partial charge >= 0.3 is 12.1 Å². The number of esters is 1. The molecule has 30 heavy (non-hydrogen) atoms. The quantitative estimate of drug-likeness (QED) is 0.706. The summed E-state index contributed by atoms with van der Waals surface area (Å²) < 4.78 is 10.7. The lowest BCUT2D eigenvalue weighted by molar-refractivity contribution is -0.150. The highest BCUT2D eigenvalue weighted by atomic mass is 16.6. The number of hydrogen-bond acceptors (Lipinski definition) is 4. The lowest BCUT2D eigenvalue weighted by atomic mass is 9.75. The largest absolute Gasteiger partial charge is 0.467 e. The van der Waals surface area contributed by atoms with Crippen molar-refractivity contribution in [1.82, 2.24) is 5.32 Å². The molecule has 0 unspecified atom stereocenters. The second kappa shape index (κ2) is 8.50. The molecule has 5 heteroatoms. The van der Waals surface area contributed by atoms with E-state index in [4.69, 9.17) is 9.47 Å². The number of ether oxygens (including phenoxy) is 2. The highest BCUT2D eigenvalue weighted by Crippen LogP contribution is 2.44. The third-order valence-electron chi connectivity index (χ3n) is 6.74. The summed E-state index contributed by atoms with van der Waals surface area (Å²) in [6, 6.07) is 16.4. The van der Waals surface area contributed by atoms with Crippen LogP contribution in [0.15, 0.2) is 48.5 Å². The molecule has 1 atom stereocenters. The van der Waals surface area contributed by atoms with Gasteiger partial charge < -0.3 is 14.8 Å². The van der Waals surface area contributed by atoms with Crippen molar-refractivity contribution in [1.29, 1.82) is 0 Å². The number of carbonyl (C=O) groups excluding carboxylic acids is 2. The van der Waals surface area contributed by atoms with Crippen molar-refractivity contribution in [2.75, 3.05) is 13.7 Å². The third-order valence-corrected chi connectivity index (χ3v) is 6.74. The minimum atomic E-state index is -1.07. The van der Waals surface area contributed by atoms with Crippen molar-refractivity contribution >= 4 is 12.1 Å². The average Bonchev–Trinajstić information content (AvgIpc) is 3.11. The molecule has 0 radical (unpaired) electrons. The van der Waals surface area contributed by atoms with Gasteiger partial charge in [-0.15, -0.1) is 0 Å². The van der Waals surface area contributed by atoms with Gasteiger partial charge in [0.2, 0.25) is 0 Å². The number of carbonyl (C=O) groups is 2. The highest BCUT2D eigenvalue weighted by molar-refractivity contribution is 5.86. The van der Waals surface area contributed by atoms with Gasteiger partial charge in [-0.2, -0.15) is 0 Å². The monoisotopic (exact) mass is 407 g/mol. The van der Waals surface area contributed by atoms with E-state index in [9.17, 15) is 9.59 Å². The van der Waals surface area contributed by atoms with E-state index in [1.807, 2.05) is 24.3 Å². The Bertz CT molecular complexity index is 889. The molecule has 5 nitrogen and oxygen atoms in total. The predicted molar refractivity (Wildman–Crippen MR) is 115 cm³/mol. The fraction of sp³-hybridized carbons (Fsp3) is 0.440. The molecule has 0 heterocycles. The lowest BCUT2D eigenvalue weighted by Gasteiger charge is -2.37. The predicted octanol–water partition coefficient (Wildman–Crippen LogP) is 5.04. The topological polar surface area (TPSA) is 64.6 Å². The van der Waals surface area contributed by atoms with Crippen LogP contribution in [-0.2, 0) is 14.3 Å². The fourth-order valence-electron chi connectivity index (χ4n) is 5.06. The van der Waals surface area contributed by atoms with Gasteiger partial charge in [0.15, 0.2) is 0 Å². The maximum atomic E-state index is 12.8. The van der Waals surface area contributed by atoms with Crippen molar-refractivity contribution in [3.8, 4) is 11.1 Å². The zero-order valence-electron chi connectivity index (χ0n) is 17.6. The summed E-state index contributed by atoms with van der Waals surface area (Å²) >= 11 is 0. The zero-order valence-corrected chi connectivity index (χ0v) is 17.6. The van der Waals surface area contributed by atoms with E-state index in [2.05, 4.69) is 29.6 Å². The van der Waals surface area contributed by atoms with Crippen LogP contribution >= 0.6 is 0 Å². The summed E-state index contributed by atoms with van der Waals surface area (Å²) in [5.41, 5.74) is 3.62. The number of nitrogens with one attached hydrogen (secondary N) is 1. The molecule has 0 aliphatic heterocycles. The van der Waals surface area contributed by atoms with Crippen LogP contribution in [0.5, 0.6) is 0 Å². The van der Waals surface area contributed by atoms with Crippen molar-refractivity contribution in [2.45, 2.75) is 50.5 Å². The van der Waals surface area contributed by atoms with Gasteiger partial charge in [0.1, 0.15) is 12.1 Å². The zero-order chi connectivity index (χ0) is 21.1. The molecule has 1 N–H and O–H groups in total. The first-order valence-electron chi connectivity index (χ1n) is 10.8. The summed E-state index contributed by atoms with van der Waals surface area (Å²) in [6.07, 6.45) is 4.51. The Morgan fingerprint density at radius 2 is 1.53 bits per heavy atom. The van der Waals surface area contributed by atoms with E-state index in [-0.39, 0.29) is 18.4 Å². The third kappa shape index (κ3) is 3.69. The Hall–Kier alpha value is -2.82. The van der Waals surface area contributed by atoms with Crippen LogP contribution in [-0.4, -0.2) is 31.3 Å². The molecule has 0 saturated heterocycles. The number of alkyl carbamates (subject to hydrolysis) is 1. The summed E-state index contributed by atoms with van der Waals surface area (Å²) in [6.45, 7) is 1.98. The van der Waals surface area contributed by atoms with Crippen LogP contribution in [0.4, 0.5) is 4.79 Å². The average molecular weight is 408 g/mol. The molecular formula is C25H29NO4. The van der Waals surface area contributed by atoms with E-state index >= 15 is 0 Å². The van der Waals surface area contributed by atoms with Gasteiger partial charge in [-0.3, -0.25) is 0 Å². The summed E-state index contributed by atoms with van der Waals surface area (Å²) in [4.78, 5) is 25.3. The molecule has 1 amide bonds. The molecule has 1 saturated carbocycles. The molecule has 2 aliphatic rings. The Balaban J connectivity index is 1.48. The molecule has 2 aliphatic carbocycles. The molecule has 2 aromatic carbocycles. The maximum Gasteiger partial charge on any atom is 0.408 e. The first-order chi connectivity index (χ1) is 14.5. The van der Waals surface area contributed by atoms with E-state index in [0.29, 0.717) is 0 Å². The Labute approximate surface area is 177 Å². The first-order valence-corrected chi connectivity index (χ1v) is 10.8. The normalized spacial score (nSPS) is 18.1. The molecule has 2 aromatic rings. The van der Waals surface area contributed by atoms with Gasteiger partial charge in [-0.25, -0.2) is 9.59 Å². The van der Waals surface area contributed by atoms with Gasteiger partial charge in [-0.05, 0) is 47.9 Å². The fourth-order valence-corrected chi connectivity index (χ4v) is 5.06. The van der Waals surface area contributed by atoms with Crippen molar-refractivity contribution in [3.05, 3.63) is 59.7 Å². The van der Waals surface area contributed by atoms with Crippen molar-refractivity contribution in [3.63, 3.8) is 0 Å². The van der Waals surface area contributed by atoms with Gasteiger partial charge in [0.25, 0.3) is 0 Å². The highest BCUT2D eigenvalue weighted by Gasteiger charge is 2.44. The number of fused-ring (bicyclic) bond motifs is 3. The van der Waals surface area contributed by atoms with Crippen LogP contribution in [0, 0.1) is 5.92 Å². The van der Waals surface area contributed by atoms with Crippen molar-refractivity contribution < 1.29 is 19.1 Å². The second-order valence-corrected chi connectivity index (χ2v) is 8.48. The van der Waals surface area contributed by atoms with Gasteiger partial charge in [-0.1, -0.05) is 67.8 Å². The number of rotatable bonds is 5. The van der Waals surface area contributed by atoms with E-state index in [0.717, 1.165) is 36.8 Å². The Kier molecular flexibility index (Phi) is 5.80. The van der Waals surface area contributed by atoms with E-state index in [1.165, 1.54) is 24.7 Å². The first kappa shape index (κ1) is 20.5. The SMILES string of the molecule is COC(=O)[C@](C)(NC(=O)OCC1c2ccccc2-c2ccccc21)C1CCCCC1. The minimum absolute atomic E-state index is 0.0118. The Morgan fingerprint density at radius 3 is 2.10 bits per heavy atom. The molecule has 1 fully saturated rings. The van der Waals surface area contributed by atoms with Gasteiger partial charge in [0.05, 0.1) is 7.11 Å². The van der Waals surface area contributed by atoms with Crippen LogP contribution in [0.2, 0.25) is 0 Å². The number of methoxy groups -OCH3 is 1. The van der Waals surface area contributed by atoms with E-state index < -0.39 is 17.6 Å². The molecule has 0 aromatic heterocycles. The van der Waals surface area contributed by atoms with Crippen molar-refractivity contribution in [2.24, 2.45) is 5.92 Å². The van der Waals surface area contributed by atoms with E-state index in [1.54, 1.807) is 6.92 Å². The number of hydrogen-bond donors (Lipinski definition) is 1. The smallest absolute Gasteiger partial charge is 0.408 e. The molecule has 158 valence electrons. The number of amides is 1. The lowest BCUT2D eigenvalue weighted by Crippen LogP contribution is -2.58. The maximum absolute atomic E-state index is 12.8. The van der Waals surface area contributed by atoms with Crippen LogP contribution < -0.4 is 5.32 Å². The summed E-state index contributed by atoms with van der Waals surface area (Å²) in [7, 11) is 1.36. The standard InChI is InChI=1S/C25H29NO4/c1-25(23(27)29-2,17-10-4-3-5-11-17)26-24(28)30-16-22-20-14-8-6-12-18(20)19-13-7-9-15-21(19)22/h6-9,12-15,17,22H,3-5,10-11,16H2,1-2H3,(H,26,28)/t25-/m1/s1. The molecule has 0 bridgehead atoms. The summed E-state index contributed by atoms with van der Waals surface area (Å²) in [5.74, 6) is -0.371. The molecule has 0 spiro atoms. The van der Waals surface area contributed by atoms with Crippen LogP contribution in [0.3, 0.4) is 0 Å². The second-order valence-electron chi connectivity index (χ2n) is 8.48.